The van der Waals surface area contributed by atoms with E-state index in [2.05, 4.69) is 17.1 Å². The van der Waals surface area contributed by atoms with Gasteiger partial charge in [0.25, 0.3) is 5.91 Å². The van der Waals surface area contributed by atoms with Gasteiger partial charge in [-0.05, 0) is 23.3 Å². The largest absolute Gasteiger partial charge is 0.497 e. The lowest BCUT2D eigenvalue weighted by Gasteiger charge is -2.22. The summed E-state index contributed by atoms with van der Waals surface area (Å²) < 4.78 is 5.25. The van der Waals surface area contributed by atoms with Crippen molar-refractivity contribution in [3.05, 3.63) is 65.7 Å². The van der Waals surface area contributed by atoms with Crippen molar-refractivity contribution in [3.8, 4) is 5.75 Å². The highest BCUT2D eigenvalue weighted by Crippen LogP contribution is 2.36. The van der Waals surface area contributed by atoms with Crippen molar-refractivity contribution in [2.45, 2.75) is 12.5 Å². The molecule has 0 aromatic heterocycles. The maximum atomic E-state index is 11.6. The molecule has 1 amide bonds. The van der Waals surface area contributed by atoms with E-state index in [1.54, 1.807) is 7.11 Å². The standard InChI is InChI=1S/C19H17N3O2S/c1-24-15-9-7-14(8-10-15)17-11-16(13-5-3-2-4-6-13)21-22(17)19-20-18(23)12-25-19/h2-10,17H,11-12H2,1H3. The first-order valence-corrected chi connectivity index (χ1v) is 9.03. The van der Waals surface area contributed by atoms with Gasteiger partial charge < -0.3 is 4.74 Å². The molecule has 2 heterocycles. The van der Waals surface area contributed by atoms with Gasteiger partial charge in [0.15, 0.2) is 5.17 Å². The molecule has 2 aromatic carbocycles. The van der Waals surface area contributed by atoms with Crippen molar-refractivity contribution >= 4 is 28.5 Å². The van der Waals surface area contributed by atoms with E-state index in [4.69, 9.17) is 9.84 Å². The van der Waals surface area contributed by atoms with Crippen LogP contribution < -0.4 is 4.74 Å². The lowest BCUT2D eigenvalue weighted by Crippen LogP contribution is -2.23. The lowest BCUT2D eigenvalue weighted by atomic mass is 9.98. The number of carbonyl (C=O) groups excluding carboxylic acids is 1. The molecule has 0 saturated heterocycles. The third kappa shape index (κ3) is 3.17. The monoisotopic (exact) mass is 351 g/mol. The molecule has 5 nitrogen and oxygen atoms in total. The maximum absolute atomic E-state index is 11.6. The van der Waals surface area contributed by atoms with E-state index in [1.165, 1.54) is 11.8 Å². The van der Waals surface area contributed by atoms with Gasteiger partial charge in [-0.3, -0.25) is 4.79 Å². The van der Waals surface area contributed by atoms with Crippen LogP contribution in [0.15, 0.2) is 64.7 Å². The van der Waals surface area contributed by atoms with E-state index >= 15 is 0 Å². The van der Waals surface area contributed by atoms with E-state index in [9.17, 15) is 4.79 Å². The van der Waals surface area contributed by atoms with Crippen LogP contribution in [0.2, 0.25) is 0 Å². The number of aliphatic imine (C=N–C) groups is 1. The fourth-order valence-electron chi connectivity index (χ4n) is 2.99. The highest BCUT2D eigenvalue weighted by molar-refractivity contribution is 8.14. The predicted molar refractivity (Wildman–Crippen MR) is 100 cm³/mol. The van der Waals surface area contributed by atoms with Crippen LogP contribution in [0.25, 0.3) is 0 Å². The number of hydrazone groups is 1. The Bertz CT molecular complexity index is 847. The molecule has 0 aliphatic carbocycles. The summed E-state index contributed by atoms with van der Waals surface area (Å²) in [6.45, 7) is 0. The van der Waals surface area contributed by atoms with Crippen molar-refractivity contribution in [1.29, 1.82) is 0 Å². The van der Waals surface area contributed by atoms with E-state index in [-0.39, 0.29) is 11.9 Å². The number of hydrogen-bond donors (Lipinski definition) is 0. The summed E-state index contributed by atoms with van der Waals surface area (Å²) in [5.41, 5.74) is 3.22. The first kappa shape index (κ1) is 15.9. The summed E-state index contributed by atoms with van der Waals surface area (Å²) in [4.78, 5) is 15.7. The molecule has 0 spiro atoms. The van der Waals surface area contributed by atoms with Crippen LogP contribution in [-0.2, 0) is 4.79 Å². The second-order valence-corrected chi connectivity index (χ2v) is 6.77. The molecule has 0 bridgehead atoms. The van der Waals surface area contributed by atoms with Crippen molar-refractivity contribution in [1.82, 2.24) is 5.01 Å². The minimum absolute atomic E-state index is 0.0262. The predicted octanol–water partition coefficient (Wildman–Crippen LogP) is 3.48. The normalized spacial score (nSPS) is 19.8. The van der Waals surface area contributed by atoms with Gasteiger partial charge in [-0.2, -0.15) is 10.1 Å². The first-order chi connectivity index (χ1) is 12.2. The molecular formula is C19H17N3O2S. The van der Waals surface area contributed by atoms with Crippen molar-refractivity contribution in [3.63, 3.8) is 0 Å². The molecule has 126 valence electrons. The molecule has 2 aliphatic rings. The van der Waals surface area contributed by atoms with Gasteiger partial charge in [-0.25, -0.2) is 5.01 Å². The number of benzene rings is 2. The highest BCUT2D eigenvalue weighted by atomic mass is 32.2. The minimum Gasteiger partial charge on any atom is -0.497 e. The van der Waals surface area contributed by atoms with Crippen molar-refractivity contribution in [2.24, 2.45) is 10.1 Å². The van der Waals surface area contributed by atoms with E-state index in [0.29, 0.717) is 10.9 Å². The van der Waals surface area contributed by atoms with Crippen LogP contribution in [0, 0.1) is 0 Å². The number of thioether (sulfide) groups is 1. The summed E-state index contributed by atoms with van der Waals surface area (Å²) >= 11 is 1.45. The van der Waals surface area contributed by atoms with Gasteiger partial charge in [-0.15, -0.1) is 0 Å². The van der Waals surface area contributed by atoms with Crippen LogP contribution in [0.3, 0.4) is 0 Å². The lowest BCUT2D eigenvalue weighted by molar-refractivity contribution is -0.115. The van der Waals surface area contributed by atoms with Crippen LogP contribution in [0.4, 0.5) is 0 Å². The Morgan fingerprint density at radius 2 is 1.88 bits per heavy atom. The van der Waals surface area contributed by atoms with E-state index in [1.807, 2.05) is 47.5 Å². The van der Waals surface area contributed by atoms with Crippen LogP contribution >= 0.6 is 11.8 Å². The van der Waals surface area contributed by atoms with Crippen LogP contribution in [0.1, 0.15) is 23.6 Å². The van der Waals surface area contributed by atoms with Gasteiger partial charge in [0.2, 0.25) is 0 Å². The molecule has 2 aromatic rings. The Balaban J connectivity index is 1.69. The number of ether oxygens (including phenoxy) is 1. The molecule has 6 heteroatoms. The zero-order chi connectivity index (χ0) is 17.2. The number of carbonyl (C=O) groups is 1. The number of rotatable bonds is 3. The van der Waals surface area contributed by atoms with Gasteiger partial charge in [0, 0.05) is 6.42 Å². The highest BCUT2D eigenvalue weighted by Gasteiger charge is 2.34. The van der Waals surface area contributed by atoms with Crippen molar-refractivity contribution in [2.75, 3.05) is 12.9 Å². The van der Waals surface area contributed by atoms with Gasteiger partial charge in [-0.1, -0.05) is 54.2 Å². The van der Waals surface area contributed by atoms with E-state index in [0.717, 1.165) is 29.0 Å². The average molecular weight is 351 g/mol. The molecule has 1 atom stereocenters. The van der Waals surface area contributed by atoms with Crippen molar-refractivity contribution < 1.29 is 9.53 Å². The fourth-order valence-corrected chi connectivity index (χ4v) is 3.78. The number of methoxy groups -OCH3 is 1. The molecule has 1 unspecified atom stereocenters. The molecule has 2 aliphatic heterocycles. The van der Waals surface area contributed by atoms with Crippen LogP contribution in [-0.4, -0.2) is 34.7 Å². The Labute approximate surface area is 150 Å². The molecule has 25 heavy (non-hydrogen) atoms. The fraction of sp³-hybridized carbons (Fsp3) is 0.211. The van der Waals surface area contributed by atoms with Gasteiger partial charge in [0.1, 0.15) is 5.75 Å². The second-order valence-electron chi connectivity index (χ2n) is 5.83. The Kier molecular flexibility index (Phi) is 4.28. The number of amides is 1. The molecular weight excluding hydrogens is 334 g/mol. The Morgan fingerprint density at radius 1 is 1.12 bits per heavy atom. The summed E-state index contributed by atoms with van der Waals surface area (Å²) in [5.74, 6) is 1.11. The second kappa shape index (κ2) is 6.72. The Morgan fingerprint density at radius 3 is 2.52 bits per heavy atom. The molecule has 4 rings (SSSR count). The van der Waals surface area contributed by atoms with E-state index < -0.39 is 0 Å². The minimum atomic E-state index is -0.100. The number of amidine groups is 1. The number of hydrogen-bond acceptors (Lipinski definition) is 5. The summed E-state index contributed by atoms with van der Waals surface area (Å²) in [6.07, 6.45) is 0.768. The molecule has 0 saturated carbocycles. The zero-order valence-corrected chi connectivity index (χ0v) is 14.6. The SMILES string of the molecule is COc1ccc(C2CC(c3ccccc3)=NN2C2=NC(=O)CS2)cc1. The summed E-state index contributed by atoms with van der Waals surface area (Å²) in [7, 11) is 1.66. The average Bonchev–Trinajstić information content (AvgIpc) is 3.29. The topological polar surface area (TPSA) is 54.3 Å². The third-order valence-corrected chi connectivity index (χ3v) is 5.19. The smallest absolute Gasteiger partial charge is 0.258 e. The quantitative estimate of drug-likeness (QED) is 0.850. The Hall–Kier alpha value is -2.60. The molecule has 0 fully saturated rings. The summed E-state index contributed by atoms with van der Waals surface area (Å²) in [6, 6.07) is 18.1. The summed E-state index contributed by atoms with van der Waals surface area (Å²) in [5, 5.41) is 7.36. The van der Waals surface area contributed by atoms with Crippen LogP contribution in [0.5, 0.6) is 5.75 Å². The molecule has 0 N–H and O–H groups in total. The first-order valence-electron chi connectivity index (χ1n) is 8.05. The maximum Gasteiger partial charge on any atom is 0.258 e. The van der Waals surface area contributed by atoms with Gasteiger partial charge >= 0.3 is 0 Å². The number of nitrogens with zero attached hydrogens (tertiary/aromatic N) is 3. The van der Waals surface area contributed by atoms with Gasteiger partial charge in [0.05, 0.1) is 24.6 Å². The molecule has 0 radical (unpaired) electrons. The zero-order valence-electron chi connectivity index (χ0n) is 13.8. The third-order valence-electron chi connectivity index (χ3n) is 4.26.